The first kappa shape index (κ1) is 25.0. The maximum atomic E-state index is 13.3. The highest BCUT2D eigenvalue weighted by atomic mass is 32.2. The molecule has 2 aromatic rings. The summed E-state index contributed by atoms with van der Waals surface area (Å²) in [7, 11) is 2.99. The van der Waals surface area contributed by atoms with Crippen molar-refractivity contribution in [1.29, 1.82) is 0 Å². The molecule has 0 spiro atoms. The van der Waals surface area contributed by atoms with Crippen LogP contribution in [0.15, 0.2) is 63.5 Å². The van der Waals surface area contributed by atoms with Gasteiger partial charge in [-0.05, 0) is 36.9 Å². The molecule has 8 nitrogen and oxygen atoms in total. The van der Waals surface area contributed by atoms with E-state index in [1.165, 1.54) is 14.2 Å². The maximum Gasteiger partial charge on any atom is 0.334 e. The van der Waals surface area contributed by atoms with Gasteiger partial charge in [0.15, 0.2) is 0 Å². The zero-order valence-corrected chi connectivity index (χ0v) is 21.2. The molecule has 0 aliphatic carbocycles. The molecule has 0 radical (unpaired) electrons. The normalized spacial score (nSPS) is 17.3. The van der Waals surface area contributed by atoms with Gasteiger partial charge in [-0.15, -0.1) is 0 Å². The predicted molar refractivity (Wildman–Crippen MR) is 136 cm³/mol. The third-order valence-corrected chi connectivity index (χ3v) is 7.18. The Morgan fingerprint density at radius 2 is 1.54 bits per heavy atom. The van der Waals surface area contributed by atoms with E-state index in [2.05, 4.69) is 36.1 Å². The van der Waals surface area contributed by atoms with Crippen molar-refractivity contribution in [2.24, 2.45) is 0 Å². The lowest BCUT2D eigenvalue weighted by atomic mass is 10.0. The summed E-state index contributed by atoms with van der Waals surface area (Å²) in [4.78, 5) is 44.9. The number of carbonyl (C=O) groups excluding carboxylic acids is 3. The molecule has 9 heteroatoms. The summed E-state index contributed by atoms with van der Waals surface area (Å²) in [6.07, 6.45) is 1.87. The molecule has 35 heavy (non-hydrogen) atoms. The number of fused-ring (bicyclic) bond motifs is 3. The molecule has 4 rings (SSSR count). The van der Waals surface area contributed by atoms with Gasteiger partial charge in [0.25, 0.3) is 11.8 Å². The number of allylic oxidation sites excluding steroid dienone is 2. The van der Waals surface area contributed by atoms with Crippen LogP contribution in [-0.2, 0) is 19.1 Å². The predicted octanol–water partition coefficient (Wildman–Crippen LogP) is 4.01. The molecule has 184 valence electrons. The number of anilines is 1. The van der Waals surface area contributed by atoms with E-state index in [9.17, 15) is 14.4 Å². The number of ether oxygens (including phenoxy) is 2. The topological polar surface area (TPSA) is 79.4 Å². The highest BCUT2D eigenvalue weighted by Gasteiger charge is 2.42. The monoisotopic (exact) mass is 495 g/mol. The van der Waals surface area contributed by atoms with Crippen LogP contribution in [-0.4, -0.2) is 74.7 Å². The number of thioether (sulfide) groups is 1. The molecule has 0 bridgehead atoms. The van der Waals surface area contributed by atoms with Crippen LogP contribution in [0.2, 0.25) is 0 Å². The number of urea groups is 1. The first-order chi connectivity index (χ1) is 16.9. The molecule has 0 aromatic heterocycles. The number of imide groups is 2. The fraction of sp³-hybridized carbons (Fsp3) is 0.346. The molecule has 0 atom stereocenters. The van der Waals surface area contributed by atoms with Gasteiger partial charge in [0.2, 0.25) is 0 Å². The zero-order valence-electron chi connectivity index (χ0n) is 20.4. The van der Waals surface area contributed by atoms with Crippen molar-refractivity contribution >= 4 is 46.1 Å². The average molecular weight is 496 g/mol. The van der Waals surface area contributed by atoms with Crippen LogP contribution in [0.3, 0.4) is 0 Å². The Morgan fingerprint density at radius 3 is 2.14 bits per heavy atom. The molecule has 0 N–H and O–H groups in total. The summed E-state index contributed by atoms with van der Waals surface area (Å²) in [5.41, 5.74) is 1.62. The Hall–Kier alpha value is -3.14. The molecular formula is C26H29N3O5S. The van der Waals surface area contributed by atoms with Gasteiger partial charge >= 0.3 is 6.03 Å². The Kier molecular flexibility index (Phi) is 7.59. The lowest BCUT2D eigenvalue weighted by molar-refractivity contribution is -0.136. The van der Waals surface area contributed by atoms with E-state index >= 15 is 0 Å². The van der Waals surface area contributed by atoms with Crippen LogP contribution in [0.4, 0.5) is 10.5 Å². The molecule has 1 fully saturated rings. The van der Waals surface area contributed by atoms with E-state index in [4.69, 9.17) is 9.47 Å². The highest BCUT2D eigenvalue weighted by molar-refractivity contribution is 8.03. The standard InChI is InChI=1S/C26H29N3O5S/c1-5-27-21(35-20-11-10-18-8-6-7-9-19(18)23(20)27)16-17(2)22-24(30)28(12-14-33-3)26(32)29(25(22)31)13-15-34-4/h6-11,16H,5,12-15H2,1-4H3/b21-16+. The van der Waals surface area contributed by atoms with Crippen LogP contribution in [0.1, 0.15) is 13.8 Å². The van der Waals surface area contributed by atoms with Gasteiger partial charge in [-0.1, -0.05) is 42.1 Å². The van der Waals surface area contributed by atoms with Crippen LogP contribution in [0.25, 0.3) is 10.8 Å². The van der Waals surface area contributed by atoms with Gasteiger partial charge in [0, 0.05) is 31.0 Å². The Morgan fingerprint density at radius 1 is 0.914 bits per heavy atom. The van der Waals surface area contributed by atoms with Crippen molar-refractivity contribution in [2.75, 3.05) is 52.0 Å². The summed E-state index contributed by atoms with van der Waals surface area (Å²) in [5, 5.41) is 3.23. The van der Waals surface area contributed by atoms with E-state index in [1.807, 2.05) is 18.2 Å². The number of nitrogens with zero attached hydrogens (tertiary/aromatic N) is 3. The zero-order chi connectivity index (χ0) is 25.1. The molecule has 2 aliphatic heterocycles. The lowest BCUT2D eigenvalue weighted by Crippen LogP contribution is -2.58. The molecule has 4 amide bonds. The van der Waals surface area contributed by atoms with Crippen molar-refractivity contribution in [3.63, 3.8) is 0 Å². The quantitative estimate of drug-likeness (QED) is 0.404. The first-order valence-electron chi connectivity index (χ1n) is 11.5. The molecule has 0 saturated carbocycles. The molecule has 2 aliphatic rings. The highest BCUT2D eigenvalue weighted by Crippen LogP contribution is 2.49. The summed E-state index contributed by atoms with van der Waals surface area (Å²) in [6.45, 7) is 5.02. The van der Waals surface area contributed by atoms with Gasteiger partial charge in [0.05, 0.1) is 37.0 Å². The Labute approximate surface area is 209 Å². The van der Waals surface area contributed by atoms with Crippen molar-refractivity contribution in [1.82, 2.24) is 9.80 Å². The van der Waals surface area contributed by atoms with E-state index < -0.39 is 17.8 Å². The van der Waals surface area contributed by atoms with Crippen molar-refractivity contribution in [3.8, 4) is 0 Å². The van der Waals surface area contributed by atoms with Crippen LogP contribution < -0.4 is 4.90 Å². The number of benzene rings is 2. The molecular weight excluding hydrogens is 466 g/mol. The number of amides is 4. The van der Waals surface area contributed by atoms with Gasteiger partial charge in [-0.2, -0.15) is 0 Å². The third-order valence-electron chi connectivity index (χ3n) is 6.08. The largest absolute Gasteiger partial charge is 0.383 e. The van der Waals surface area contributed by atoms with Crippen LogP contribution in [0.5, 0.6) is 0 Å². The first-order valence-corrected chi connectivity index (χ1v) is 12.3. The number of carbonyl (C=O) groups is 3. The summed E-state index contributed by atoms with van der Waals surface area (Å²) in [5.74, 6) is -1.21. The minimum absolute atomic E-state index is 0.0122. The van der Waals surface area contributed by atoms with Gasteiger partial charge < -0.3 is 14.4 Å². The molecule has 2 heterocycles. The fourth-order valence-corrected chi connectivity index (χ4v) is 5.57. The van der Waals surface area contributed by atoms with E-state index in [-0.39, 0.29) is 31.9 Å². The van der Waals surface area contributed by atoms with Crippen molar-refractivity contribution < 1.29 is 23.9 Å². The average Bonchev–Trinajstić information content (AvgIpc) is 3.21. The van der Waals surface area contributed by atoms with Gasteiger partial charge in [-0.25, -0.2) is 4.79 Å². The van der Waals surface area contributed by atoms with Crippen molar-refractivity contribution in [2.45, 2.75) is 18.7 Å². The minimum atomic E-state index is -0.650. The second-order valence-corrected chi connectivity index (χ2v) is 9.26. The van der Waals surface area contributed by atoms with E-state index in [0.717, 1.165) is 42.7 Å². The van der Waals surface area contributed by atoms with Crippen LogP contribution >= 0.6 is 11.8 Å². The Balaban J connectivity index is 1.76. The molecule has 2 aromatic carbocycles. The van der Waals surface area contributed by atoms with Crippen molar-refractivity contribution in [3.05, 3.63) is 58.6 Å². The SMILES string of the molecule is CCN1/C(=C\C(C)=C2C(=O)N(CCOC)C(=O)N(CCOC)C2=O)Sc2ccc3ccccc3c21. The van der Waals surface area contributed by atoms with E-state index in [0.29, 0.717) is 5.57 Å². The van der Waals surface area contributed by atoms with E-state index in [1.54, 1.807) is 18.7 Å². The van der Waals surface area contributed by atoms with Gasteiger partial charge in [0.1, 0.15) is 5.57 Å². The number of hydrogen-bond donors (Lipinski definition) is 0. The number of barbiturate groups is 1. The number of methoxy groups -OCH3 is 2. The smallest absolute Gasteiger partial charge is 0.334 e. The second-order valence-electron chi connectivity index (χ2n) is 8.20. The second kappa shape index (κ2) is 10.6. The molecule has 0 unspecified atom stereocenters. The minimum Gasteiger partial charge on any atom is -0.383 e. The maximum absolute atomic E-state index is 13.3. The summed E-state index contributed by atoms with van der Waals surface area (Å²) >= 11 is 1.60. The van der Waals surface area contributed by atoms with Crippen LogP contribution in [0, 0.1) is 0 Å². The van der Waals surface area contributed by atoms with Gasteiger partial charge in [-0.3, -0.25) is 19.4 Å². The fourth-order valence-electron chi connectivity index (χ4n) is 4.33. The summed E-state index contributed by atoms with van der Waals surface area (Å²) in [6, 6.07) is 11.8. The summed E-state index contributed by atoms with van der Waals surface area (Å²) < 4.78 is 10.2. The number of rotatable bonds is 8. The lowest BCUT2D eigenvalue weighted by Gasteiger charge is -2.34. The third kappa shape index (κ3) is 4.59. The Bertz CT molecular complexity index is 1210. The molecule has 1 saturated heterocycles. The number of hydrogen-bond acceptors (Lipinski definition) is 7.